The molecule has 0 bridgehead atoms. The van der Waals surface area contributed by atoms with Gasteiger partial charge in [-0.25, -0.2) is 0 Å². The Morgan fingerprint density at radius 2 is 2.29 bits per heavy atom. The largest absolute Gasteiger partial charge is 0.317 e. The molecule has 0 saturated carbocycles. The number of nitrogens with zero attached hydrogens (tertiary/aromatic N) is 2. The maximum absolute atomic E-state index is 10.5. The highest BCUT2D eigenvalue weighted by atomic mass is 16.1. The zero-order valence-corrected chi connectivity index (χ0v) is 8.36. The van der Waals surface area contributed by atoms with Gasteiger partial charge in [-0.2, -0.15) is 5.10 Å². The van der Waals surface area contributed by atoms with Crippen molar-refractivity contribution in [1.29, 1.82) is 0 Å². The molecule has 0 radical (unpaired) electrons. The Morgan fingerprint density at radius 1 is 1.57 bits per heavy atom. The number of carbonyl (C=O) groups is 1. The second kappa shape index (κ2) is 3.53. The van der Waals surface area contributed by atoms with Gasteiger partial charge in [-0.3, -0.25) is 9.48 Å². The Balaban J connectivity index is 2.23. The summed E-state index contributed by atoms with van der Waals surface area (Å²) in [4.78, 5) is 10.5. The minimum atomic E-state index is 0.0759. The number of carbonyl (C=O) groups excluding carboxylic acids is 1. The van der Waals surface area contributed by atoms with Crippen LogP contribution in [0.15, 0.2) is 12.4 Å². The summed E-state index contributed by atoms with van der Waals surface area (Å²) in [6, 6.07) is 0. The number of nitrogens with one attached hydrogen (secondary N) is 1. The minimum Gasteiger partial charge on any atom is -0.317 e. The van der Waals surface area contributed by atoms with Crippen LogP contribution >= 0.6 is 0 Å². The van der Waals surface area contributed by atoms with Gasteiger partial charge in [-0.1, -0.05) is 0 Å². The molecule has 0 amide bonds. The van der Waals surface area contributed by atoms with Crippen LogP contribution in [0.5, 0.6) is 0 Å². The summed E-state index contributed by atoms with van der Waals surface area (Å²) in [6.45, 7) is 4.23. The molecule has 1 aromatic rings. The third kappa shape index (κ3) is 1.57. The SMILES string of the molecule is CC1(n2cc(C=O)cn2)CCNCC1. The van der Waals surface area contributed by atoms with Crippen LogP contribution in [0.4, 0.5) is 0 Å². The molecule has 14 heavy (non-hydrogen) atoms. The Labute approximate surface area is 83.3 Å². The van der Waals surface area contributed by atoms with E-state index < -0.39 is 0 Å². The molecule has 0 aromatic carbocycles. The molecule has 76 valence electrons. The first kappa shape index (κ1) is 9.40. The summed E-state index contributed by atoms with van der Waals surface area (Å²) in [6.07, 6.45) is 6.42. The van der Waals surface area contributed by atoms with Crippen LogP contribution in [0.2, 0.25) is 0 Å². The number of hydrogen-bond acceptors (Lipinski definition) is 3. The van der Waals surface area contributed by atoms with Gasteiger partial charge in [0.1, 0.15) is 0 Å². The van der Waals surface area contributed by atoms with Gasteiger partial charge in [0, 0.05) is 6.20 Å². The third-order valence-corrected chi connectivity index (χ3v) is 2.97. The number of hydrogen-bond donors (Lipinski definition) is 1. The van der Waals surface area contributed by atoms with Crippen molar-refractivity contribution in [2.75, 3.05) is 13.1 Å². The number of aromatic nitrogens is 2. The topological polar surface area (TPSA) is 46.9 Å². The van der Waals surface area contributed by atoms with Crippen LogP contribution in [0.1, 0.15) is 30.1 Å². The lowest BCUT2D eigenvalue weighted by Crippen LogP contribution is -2.42. The molecule has 1 aromatic heterocycles. The van der Waals surface area contributed by atoms with Gasteiger partial charge in [0.15, 0.2) is 6.29 Å². The molecular weight excluding hydrogens is 178 g/mol. The molecule has 4 nitrogen and oxygen atoms in total. The average molecular weight is 193 g/mol. The normalized spacial score (nSPS) is 20.6. The van der Waals surface area contributed by atoms with Crippen LogP contribution in [-0.2, 0) is 5.54 Å². The minimum absolute atomic E-state index is 0.0759. The molecule has 1 N–H and O–H groups in total. The van der Waals surface area contributed by atoms with Crippen LogP contribution in [0, 0.1) is 0 Å². The molecule has 0 atom stereocenters. The Bertz CT molecular complexity index is 326. The summed E-state index contributed by atoms with van der Waals surface area (Å²) in [5.74, 6) is 0. The zero-order valence-electron chi connectivity index (χ0n) is 8.36. The highest BCUT2D eigenvalue weighted by Crippen LogP contribution is 2.25. The number of aldehydes is 1. The fraction of sp³-hybridized carbons (Fsp3) is 0.600. The van der Waals surface area contributed by atoms with Gasteiger partial charge in [-0.05, 0) is 32.9 Å². The molecule has 0 unspecified atom stereocenters. The molecule has 1 fully saturated rings. The predicted octanol–water partition coefficient (Wildman–Crippen LogP) is 0.794. The third-order valence-electron chi connectivity index (χ3n) is 2.97. The number of piperidine rings is 1. The smallest absolute Gasteiger partial charge is 0.153 e. The summed E-state index contributed by atoms with van der Waals surface area (Å²) in [5, 5.41) is 7.56. The first-order chi connectivity index (χ1) is 6.74. The predicted molar refractivity (Wildman–Crippen MR) is 53.4 cm³/mol. The monoisotopic (exact) mass is 193 g/mol. The zero-order chi connectivity index (χ0) is 10.0. The first-order valence-corrected chi connectivity index (χ1v) is 4.96. The molecule has 1 saturated heterocycles. The lowest BCUT2D eigenvalue weighted by atomic mass is 9.91. The molecule has 0 spiro atoms. The summed E-state index contributed by atoms with van der Waals surface area (Å²) < 4.78 is 1.93. The molecule has 2 rings (SSSR count). The van der Waals surface area contributed by atoms with Gasteiger partial charge in [0.2, 0.25) is 0 Å². The second-order valence-electron chi connectivity index (χ2n) is 4.08. The van der Waals surface area contributed by atoms with E-state index in [4.69, 9.17) is 0 Å². The van der Waals surface area contributed by atoms with Gasteiger partial charge < -0.3 is 5.32 Å². The van der Waals surface area contributed by atoms with Crippen molar-refractivity contribution >= 4 is 6.29 Å². The van der Waals surface area contributed by atoms with E-state index in [1.807, 2.05) is 10.9 Å². The van der Waals surface area contributed by atoms with Crippen molar-refractivity contribution in [3.8, 4) is 0 Å². The van der Waals surface area contributed by atoms with Crippen molar-refractivity contribution < 1.29 is 4.79 Å². The standard InChI is InChI=1S/C10H15N3O/c1-10(2-4-11-5-3-10)13-7-9(8-14)6-12-13/h6-8,11H,2-5H2,1H3. The maximum atomic E-state index is 10.5. The highest BCUT2D eigenvalue weighted by Gasteiger charge is 2.29. The van der Waals surface area contributed by atoms with Crippen LogP contribution in [0.25, 0.3) is 0 Å². The quantitative estimate of drug-likeness (QED) is 0.706. The fourth-order valence-corrected chi connectivity index (χ4v) is 1.89. The van der Waals surface area contributed by atoms with Gasteiger partial charge >= 0.3 is 0 Å². The molecule has 2 heterocycles. The Hall–Kier alpha value is -1.16. The summed E-state index contributed by atoms with van der Waals surface area (Å²) in [5.41, 5.74) is 0.733. The molecule has 0 aliphatic carbocycles. The molecule has 4 heteroatoms. The first-order valence-electron chi connectivity index (χ1n) is 4.96. The van der Waals surface area contributed by atoms with Crippen molar-refractivity contribution in [3.63, 3.8) is 0 Å². The van der Waals surface area contributed by atoms with Crippen molar-refractivity contribution in [2.45, 2.75) is 25.3 Å². The van der Waals surface area contributed by atoms with E-state index in [0.717, 1.165) is 32.2 Å². The lowest BCUT2D eigenvalue weighted by molar-refractivity contribution is 0.112. The van der Waals surface area contributed by atoms with Gasteiger partial charge in [0.05, 0.1) is 17.3 Å². The second-order valence-corrected chi connectivity index (χ2v) is 4.08. The molecular formula is C10H15N3O. The average Bonchev–Trinajstić information content (AvgIpc) is 2.67. The maximum Gasteiger partial charge on any atom is 0.153 e. The van der Waals surface area contributed by atoms with E-state index in [0.29, 0.717) is 5.56 Å². The van der Waals surface area contributed by atoms with E-state index in [1.165, 1.54) is 0 Å². The van der Waals surface area contributed by atoms with Crippen LogP contribution < -0.4 is 5.32 Å². The highest BCUT2D eigenvalue weighted by molar-refractivity contribution is 5.73. The van der Waals surface area contributed by atoms with Crippen molar-refractivity contribution in [3.05, 3.63) is 18.0 Å². The summed E-state index contributed by atoms with van der Waals surface area (Å²) >= 11 is 0. The van der Waals surface area contributed by atoms with Crippen LogP contribution in [-0.4, -0.2) is 29.2 Å². The molecule has 1 aliphatic rings. The summed E-state index contributed by atoms with van der Waals surface area (Å²) in [7, 11) is 0. The van der Waals surface area contributed by atoms with E-state index in [2.05, 4.69) is 17.3 Å². The Morgan fingerprint density at radius 3 is 2.86 bits per heavy atom. The van der Waals surface area contributed by atoms with E-state index in [9.17, 15) is 4.79 Å². The van der Waals surface area contributed by atoms with Gasteiger partial charge in [0.25, 0.3) is 0 Å². The van der Waals surface area contributed by atoms with Gasteiger partial charge in [-0.15, -0.1) is 0 Å². The Kier molecular flexibility index (Phi) is 2.37. The molecule has 1 aliphatic heterocycles. The van der Waals surface area contributed by atoms with E-state index >= 15 is 0 Å². The lowest BCUT2D eigenvalue weighted by Gasteiger charge is -2.34. The van der Waals surface area contributed by atoms with Crippen molar-refractivity contribution in [2.24, 2.45) is 0 Å². The van der Waals surface area contributed by atoms with E-state index in [1.54, 1.807) is 6.20 Å². The van der Waals surface area contributed by atoms with Crippen LogP contribution in [0.3, 0.4) is 0 Å². The van der Waals surface area contributed by atoms with Crippen molar-refractivity contribution in [1.82, 2.24) is 15.1 Å². The fourth-order valence-electron chi connectivity index (χ4n) is 1.89. The number of rotatable bonds is 2. The van der Waals surface area contributed by atoms with E-state index in [-0.39, 0.29) is 5.54 Å².